The molecule has 1 unspecified atom stereocenters. The lowest BCUT2D eigenvalue weighted by Crippen LogP contribution is -2.36. The van der Waals surface area contributed by atoms with Gasteiger partial charge < -0.3 is 14.6 Å². The standard InChI is InChI=1S/C28H30N2O4/c1-19-5-3-4-6-24(19)25(17-26(31)22-9-12-27(32)29(2)18-22)20-7-10-23(11-8-20)30-15-13-21(14-16-30)28(33)34/h3-12,18,21,25H,13-17H2,1-2H3,(H,33,34). The van der Waals surface area contributed by atoms with Crippen LogP contribution in [0.1, 0.15) is 52.2 Å². The van der Waals surface area contributed by atoms with E-state index in [1.54, 1.807) is 19.3 Å². The van der Waals surface area contributed by atoms with Crippen molar-refractivity contribution in [1.82, 2.24) is 4.57 Å². The zero-order valence-corrected chi connectivity index (χ0v) is 19.6. The van der Waals surface area contributed by atoms with Gasteiger partial charge in [0.1, 0.15) is 0 Å². The number of carbonyl (C=O) groups excluding carboxylic acids is 1. The van der Waals surface area contributed by atoms with E-state index in [0.717, 1.165) is 35.5 Å². The Balaban J connectivity index is 1.59. The monoisotopic (exact) mass is 458 g/mol. The van der Waals surface area contributed by atoms with Crippen LogP contribution >= 0.6 is 0 Å². The first-order chi connectivity index (χ1) is 16.3. The van der Waals surface area contributed by atoms with E-state index in [1.807, 2.05) is 12.1 Å². The summed E-state index contributed by atoms with van der Waals surface area (Å²) in [5.74, 6) is -1.09. The Bertz CT molecular complexity index is 1240. The first kappa shape index (κ1) is 23.5. The summed E-state index contributed by atoms with van der Waals surface area (Å²) >= 11 is 0. The number of pyridine rings is 1. The number of carboxylic acids is 1. The highest BCUT2D eigenvalue weighted by molar-refractivity contribution is 5.96. The Hall–Kier alpha value is -3.67. The summed E-state index contributed by atoms with van der Waals surface area (Å²) < 4.78 is 1.43. The molecule has 6 nitrogen and oxygen atoms in total. The van der Waals surface area contributed by atoms with Crippen molar-refractivity contribution in [3.8, 4) is 0 Å². The van der Waals surface area contributed by atoms with Crippen LogP contribution in [0.3, 0.4) is 0 Å². The van der Waals surface area contributed by atoms with Crippen LogP contribution in [0.4, 0.5) is 5.69 Å². The normalized spacial score (nSPS) is 15.2. The van der Waals surface area contributed by atoms with Crippen molar-refractivity contribution in [3.63, 3.8) is 0 Å². The highest BCUT2D eigenvalue weighted by atomic mass is 16.4. The van der Waals surface area contributed by atoms with Crippen LogP contribution in [0.25, 0.3) is 0 Å². The summed E-state index contributed by atoms with van der Waals surface area (Å²) in [7, 11) is 1.65. The average molecular weight is 459 g/mol. The van der Waals surface area contributed by atoms with Crippen LogP contribution in [0.2, 0.25) is 0 Å². The number of aliphatic carboxylic acids is 1. The van der Waals surface area contributed by atoms with Crippen molar-refractivity contribution < 1.29 is 14.7 Å². The Morgan fingerprint density at radius 3 is 2.29 bits per heavy atom. The predicted octanol–water partition coefficient (Wildman–Crippen LogP) is 4.40. The van der Waals surface area contributed by atoms with E-state index < -0.39 is 5.97 Å². The zero-order valence-electron chi connectivity index (χ0n) is 19.6. The molecule has 2 aromatic carbocycles. The second kappa shape index (κ2) is 10.1. The van der Waals surface area contributed by atoms with Gasteiger partial charge in [0.2, 0.25) is 5.56 Å². The molecular weight excluding hydrogens is 428 g/mol. The minimum absolute atomic E-state index is 0.0105. The van der Waals surface area contributed by atoms with Crippen LogP contribution in [0, 0.1) is 12.8 Å². The number of nitrogens with zero attached hydrogens (tertiary/aromatic N) is 2. The summed E-state index contributed by atoms with van der Waals surface area (Å²) in [5.41, 5.74) is 4.74. The number of piperidine rings is 1. The smallest absolute Gasteiger partial charge is 0.306 e. The third kappa shape index (κ3) is 5.11. The van der Waals surface area contributed by atoms with Gasteiger partial charge in [0.25, 0.3) is 0 Å². The Labute approximate surface area is 199 Å². The summed E-state index contributed by atoms with van der Waals surface area (Å²) in [6.07, 6.45) is 3.20. The van der Waals surface area contributed by atoms with Crippen LogP contribution in [0.15, 0.2) is 71.7 Å². The molecule has 4 rings (SSSR count). The highest BCUT2D eigenvalue weighted by Crippen LogP contribution is 2.33. The molecule has 0 aliphatic carbocycles. The first-order valence-electron chi connectivity index (χ1n) is 11.7. The Morgan fingerprint density at radius 1 is 1.00 bits per heavy atom. The quantitative estimate of drug-likeness (QED) is 0.531. The molecule has 1 aromatic heterocycles. The molecule has 6 heteroatoms. The second-order valence-electron chi connectivity index (χ2n) is 9.09. The third-order valence-electron chi connectivity index (χ3n) is 6.87. The van der Waals surface area contributed by atoms with Crippen molar-refractivity contribution >= 4 is 17.4 Å². The van der Waals surface area contributed by atoms with E-state index in [9.17, 15) is 19.5 Å². The van der Waals surface area contributed by atoms with Crippen LogP contribution in [-0.4, -0.2) is 34.5 Å². The first-order valence-corrected chi connectivity index (χ1v) is 11.7. The highest BCUT2D eigenvalue weighted by Gasteiger charge is 2.25. The van der Waals surface area contributed by atoms with E-state index in [0.29, 0.717) is 24.8 Å². The molecule has 0 saturated carbocycles. The number of aromatic nitrogens is 1. The lowest BCUT2D eigenvalue weighted by Gasteiger charge is -2.32. The van der Waals surface area contributed by atoms with Crippen LogP contribution in [-0.2, 0) is 11.8 Å². The number of Topliss-reactive ketones (excluding diaryl/α,β-unsaturated/α-hetero) is 1. The van der Waals surface area contributed by atoms with Gasteiger partial charge >= 0.3 is 5.97 Å². The van der Waals surface area contributed by atoms with Gasteiger partial charge in [-0.2, -0.15) is 0 Å². The lowest BCUT2D eigenvalue weighted by molar-refractivity contribution is -0.142. The molecular formula is C28H30N2O4. The topological polar surface area (TPSA) is 79.6 Å². The molecule has 1 aliphatic heterocycles. The minimum atomic E-state index is -0.709. The van der Waals surface area contributed by atoms with E-state index in [2.05, 4.69) is 48.2 Å². The van der Waals surface area contributed by atoms with Crippen molar-refractivity contribution in [2.75, 3.05) is 18.0 Å². The van der Waals surface area contributed by atoms with E-state index in [1.165, 1.54) is 10.6 Å². The molecule has 1 aliphatic rings. The van der Waals surface area contributed by atoms with Gasteiger partial charge in [0, 0.05) is 56.0 Å². The lowest BCUT2D eigenvalue weighted by atomic mass is 9.84. The van der Waals surface area contributed by atoms with Gasteiger partial charge in [-0.15, -0.1) is 0 Å². The summed E-state index contributed by atoms with van der Waals surface area (Å²) in [5, 5.41) is 9.24. The number of hydrogen-bond donors (Lipinski definition) is 1. The number of carbonyl (C=O) groups is 2. The molecule has 0 bridgehead atoms. The van der Waals surface area contributed by atoms with Gasteiger partial charge in [-0.05, 0) is 54.7 Å². The SMILES string of the molecule is Cc1ccccc1C(CC(=O)c1ccc(=O)n(C)c1)c1ccc(N2CCC(C(=O)O)CC2)cc1. The zero-order chi connectivity index (χ0) is 24.2. The second-order valence-corrected chi connectivity index (χ2v) is 9.09. The minimum Gasteiger partial charge on any atom is -0.481 e. The fourth-order valence-corrected chi connectivity index (χ4v) is 4.75. The fourth-order valence-electron chi connectivity index (χ4n) is 4.75. The molecule has 2 heterocycles. The molecule has 34 heavy (non-hydrogen) atoms. The number of rotatable bonds is 7. The molecule has 0 radical (unpaired) electrons. The number of hydrogen-bond acceptors (Lipinski definition) is 4. The van der Waals surface area contributed by atoms with Gasteiger partial charge in [-0.25, -0.2) is 0 Å². The van der Waals surface area contributed by atoms with Gasteiger partial charge in [0.15, 0.2) is 5.78 Å². The number of anilines is 1. The largest absolute Gasteiger partial charge is 0.481 e. The molecule has 0 spiro atoms. The Kier molecular flexibility index (Phi) is 6.96. The number of benzene rings is 2. The molecule has 1 fully saturated rings. The molecule has 1 atom stereocenters. The van der Waals surface area contributed by atoms with Crippen molar-refractivity contribution in [3.05, 3.63) is 99.5 Å². The average Bonchev–Trinajstić information content (AvgIpc) is 2.85. The predicted molar refractivity (Wildman–Crippen MR) is 133 cm³/mol. The van der Waals surface area contributed by atoms with E-state index in [4.69, 9.17) is 0 Å². The van der Waals surface area contributed by atoms with Gasteiger partial charge in [0.05, 0.1) is 5.92 Å². The van der Waals surface area contributed by atoms with E-state index >= 15 is 0 Å². The maximum Gasteiger partial charge on any atom is 0.306 e. The molecule has 0 amide bonds. The van der Waals surface area contributed by atoms with Crippen molar-refractivity contribution in [2.24, 2.45) is 13.0 Å². The van der Waals surface area contributed by atoms with Crippen LogP contribution < -0.4 is 10.5 Å². The van der Waals surface area contributed by atoms with Gasteiger partial charge in [-0.3, -0.25) is 14.4 Å². The maximum atomic E-state index is 13.2. The maximum absolute atomic E-state index is 13.2. The molecule has 1 saturated heterocycles. The number of carboxylic acid groups (broad SMARTS) is 1. The molecule has 1 N–H and O–H groups in total. The Morgan fingerprint density at radius 2 is 1.68 bits per heavy atom. The third-order valence-corrected chi connectivity index (χ3v) is 6.87. The molecule has 176 valence electrons. The number of ketones is 1. The number of aryl methyl sites for hydroxylation is 2. The summed E-state index contributed by atoms with van der Waals surface area (Å²) in [6, 6.07) is 19.4. The summed E-state index contributed by atoms with van der Waals surface area (Å²) in [4.78, 5) is 38.4. The van der Waals surface area contributed by atoms with Crippen molar-refractivity contribution in [1.29, 1.82) is 0 Å². The van der Waals surface area contributed by atoms with E-state index in [-0.39, 0.29) is 23.2 Å². The summed E-state index contributed by atoms with van der Waals surface area (Å²) in [6.45, 7) is 3.51. The van der Waals surface area contributed by atoms with Crippen LogP contribution in [0.5, 0.6) is 0 Å². The van der Waals surface area contributed by atoms with Crippen molar-refractivity contribution in [2.45, 2.75) is 32.1 Å². The fraction of sp³-hybridized carbons (Fsp3) is 0.321. The molecule has 3 aromatic rings. The van der Waals surface area contributed by atoms with Gasteiger partial charge in [-0.1, -0.05) is 36.4 Å².